The highest BCUT2D eigenvalue weighted by Gasteiger charge is 2.36. The maximum atomic E-state index is 4.78. The summed E-state index contributed by atoms with van der Waals surface area (Å²) < 4.78 is 0. The summed E-state index contributed by atoms with van der Waals surface area (Å²) in [5.74, 6) is 0. The third-order valence-corrected chi connectivity index (χ3v) is 4.95. The summed E-state index contributed by atoms with van der Waals surface area (Å²) in [5, 5.41) is 4.78. The second-order valence-electron chi connectivity index (χ2n) is 6.63. The van der Waals surface area contributed by atoms with Gasteiger partial charge in [0.25, 0.3) is 0 Å². The number of hydrogen-bond acceptors (Lipinski definition) is 0. The Hall–Kier alpha value is -0.560. The van der Waals surface area contributed by atoms with Gasteiger partial charge in [0.15, 0.2) is 0 Å². The molecule has 1 aliphatic carbocycles. The Balaban J connectivity index is 2.77. The largest absolute Gasteiger partial charge is 0.659 e. The van der Waals surface area contributed by atoms with Gasteiger partial charge in [0.05, 0.1) is 0 Å². The average molecular weight is 248 g/mol. The third kappa shape index (κ3) is 3.47. The standard InChI is InChI=1S/C17H30N/c1-14(2)8-7-11-17(5,18-6)16(4)12-9-15(3)10-13-16/h8-9H,7,10-13H2,1-6H3/q-1/t16-,17+/m0/s1. The Labute approximate surface area is 114 Å². The maximum absolute atomic E-state index is 4.78. The van der Waals surface area contributed by atoms with E-state index in [9.17, 15) is 0 Å². The summed E-state index contributed by atoms with van der Waals surface area (Å²) in [7, 11) is 2.00. The van der Waals surface area contributed by atoms with E-state index in [-0.39, 0.29) is 5.54 Å². The van der Waals surface area contributed by atoms with Crippen molar-refractivity contribution in [3.8, 4) is 0 Å². The minimum absolute atomic E-state index is 0.107. The van der Waals surface area contributed by atoms with Crippen LogP contribution < -0.4 is 0 Å². The molecule has 104 valence electrons. The zero-order valence-electron chi connectivity index (χ0n) is 13.1. The SMILES string of the molecule is C[N-][C@](C)(CCC=C(C)C)[C@@]1(C)CC=C(C)CC1. The van der Waals surface area contributed by atoms with Crippen molar-refractivity contribution in [2.45, 2.75) is 72.3 Å². The van der Waals surface area contributed by atoms with Gasteiger partial charge in [-0.25, -0.2) is 0 Å². The average Bonchev–Trinajstić information content (AvgIpc) is 2.32. The van der Waals surface area contributed by atoms with Crippen molar-refractivity contribution in [3.63, 3.8) is 0 Å². The molecule has 0 saturated carbocycles. The van der Waals surface area contributed by atoms with Crippen LogP contribution in [0.15, 0.2) is 23.3 Å². The van der Waals surface area contributed by atoms with Crippen LogP contribution in [0.3, 0.4) is 0 Å². The minimum Gasteiger partial charge on any atom is -0.659 e. The maximum Gasteiger partial charge on any atom is -0.0305 e. The highest BCUT2D eigenvalue weighted by atomic mass is 15.0. The number of hydrogen-bond donors (Lipinski definition) is 0. The molecule has 0 heterocycles. The van der Waals surface area contributed by atoms with E-state index in [1.54, 1.807) is 5.57 Å². The topological polar surface area (TPSA) is 14.1 Å². The molecule has 0 amide bonds. The molecular weight excluding hydrogens is 218 g/mol. The van der Waals surface area contributed by atoms with Crippen LogP contribution in [-0.2, 0) is 0 Å². The van der Waals surface area contributed by atoms with Crippen molar-refractivity contribution in [1.82, 2.24) is 0 Å². The van der Waals surface area contributed by atoms with E-state index >= 15 is 0 Å². The lowest BCUT2D eigenvalue weighted by Crippen LogP contribution is -2.43. The van der Waals surface area contributed by atoms with Gasteiger partial charge in [0.2, 0.25) is 0 Å². The summed E-state index contributed by atoms with van der Waals surface area (Å²) in [6, 6.07) is 0. The molecule has 0 radical (unpaired) electrons. The molecule has 0 saturated heterocycles. The molecular formula is C17H30N-. The monoisotopic (exact) mass is 248 g/mol. The minimum atomic E-state index is 0.107. The molecule has 1 heteroatoms. The van der Waals surface area contributed by atoms with Crippen molar-refractivity contribution < 1.29 is 0 Å². The molecule has 0 bridgehead atoms. The fraction of sp³-hybridized carbons (Fsp3) is 0.765. The van der Waals surface area contributed by atoms with Crippen molar-refractivity contribution in [2.75, 3.05) is 7.05 Å². The number of nitrogens with zero attached hydrogens (tertiary/aromatic N) is 1. The van der Waals surface area contributed by atoms with Gasteiger partial charge in [-0.1, -0.05) is 43.6 Å². The number of allylic oxidation sites excluding steroid dienone is 4. The summed E-state index contributed by atoms with van der Waals surface area (Å²) in [6.45, 7) is 11.4. The fourth-order valence-electron chi connectivity index (χ4n) is 2.89. The zero-order chi connectivity index (χ0) is 13.8. The van der Waals surface area contributed by atoms with Crippen molar-refractivity contribution >= 4 is 0 Å². The van der Waals surface area contributed by atoms with Gasteiger partial charge in [0, 0.05) is 0 Å². The molecule has 1 rings (SSSR count). The third-order valence-electron chi connectivity index (χ3n) is 4.95. The van der Waals surface area contributed by atoms with E-state index in [0.29, 0.717) is 5.41 Å². The Morgan fingerprint density at radius 1 is 1.50 bits per heavy atom. The molecule has 1 nitrogen and oxygen atoms in total. The second kappa shape index (κ2) is 6.06. The highest BCUT2D eigenvalue weighted by Crippen LogP contribution is 2.49. The first-order valence-electron chi connectivity index (χ1n) is 7.23. The lowest BCUT2D eigenvalue weighted by Gasteiger charge is -2.57. The molecule has 0 aliphatic heterocycles. The Morgan fingerprint density at radius 2 is 2.17 bits per heavy atom. The molecule has 0 fully saturated rings. The molecule has 1 aliphatic rings. The summed E-state index contributed by atoms with van der Waals surface area (Å²) in [6.07, 6.45) is 10.8. The first-order chi connectivity index (χ1) is 8.33. The second-order valence-corrected chi connectivity index (χ2v) is 6.63. The van der Waals surface area contributed by atoms with Gasteiger partial charge in [0.1, 0.15) is 0 Å². The van der Waals surface area contributed by atoms with Gasteiger partial charge in [-0.2, -0.15) is 7.05 Å². The van der Waals surface area contributed by atoms with Crippen LogP contribution in [0.25, 0.3) is 5.32 Å². The Bertz CT molecular complexity index is 336. The predicted molar refractivity (Wildman–Crippen MR) is 82.1 cm³/mol. The molecule has 0 unspecified atom stereocenters. The Kier molecular flexibility index (Phi) is 5.21. The van der Waals surface area contributed by atoms with Crippen molar-refractivity contribution in [2.24, 2.45) is 5.41 Å². The van der Waals surface area contributed by atoms with Crippen LogP contribution in [0.1, 0.15) is 66.7 Å². The first-order valence-corrected chi connectivity index (χ1v) is 7.23. The lowest BCUT2D eigenvalue weighted by atomic mass is 9.62. The van der Waals surface area contributed by atoms with Crippen molar-refractivity contribution in [1.29, 1.82) is 0 Å². The highest BCUT2D eigenvalue weighted by molar-refractivity contribution is 5.18. The van der Waals surface area contributed by atoms with Gasteiger partial charge in [-0.15, -0.1) is 5.54 Å². The molecule has 18 heavy (non-hydrogen) atoms. The van der Waals surface area contributed by atoms with E-state index in [1.807, 2.05) is 7.05 Å². The Morgan fingerprint density at radius 3 is 2.61 bits per heavy atom. The molecule has 0 aromatic rings. The summed E-state index contributed by atoms with van der Waals surface area (Å²) in [5.41, 5.74) is 3.40. The van der Waals surface area contributed by atoms with Gasteiger partial charge >= 0.3 is 0 Å². The normalized spacial score (nSPS) is 27.3. The van der Waals surface area contributed by atoms with Crippen LogP contribution >= 0.6 is 0 Å². The molecule has 2 atom stereocenters. The van der Waals surface area contributed by atoms with Crippen molar-refractivity contribution in [3.05, 3.63) is 28.6 Å². The van der Waals surface area contributed by atoms with Crippen LogP contribution in [0.4, 0.5) is 0 Å². The van der Waals surface area contributed by atoms with Gasteiger partial charge in [-0.3, -0.25) is 0 Å². The van der Waals surface area contributed by atoms with Crippen LogP contribution in [0.2, 0.25) is 0 Å². The predicted octanol–water partition coefficient (Wildman–Crippen LogP) is 5.63. The van der Waals surface area contributed by atoms with Crippen LogP contribution in [0, 0.1) is 5.41 Å². The number of rotatable bonds is 5. The van der Waals surface area contributed by atoms with E-state index < -0.39 is 0 Å². The quantitative estimate of drug-likeness (QED) is 0.560. The molecule has 0 aromatic carbocycles. The molecule has 0 aromatic heterocycles. The molecule has 0 spiro atoms. The summed E-state index contributed by atoms with van der Waals surface area (Å²) in [4.78, 5) is 0. The zero-order valence-corrected chi connectivity index (χ0v) is 13.1. The van der Waals surface area contributed by atoms with E-state index in [4.69, 9.17) is 5.32 Å². The van der Waals surface area contributed by atoms with Crippen LogP contribution in [-0.4, -0.2) is 12.6 Å². The van der Waals surface area contributed by atoms with E-state index in [2.05, 4.69) is 46.8 Å². The van der Waals surface area contributed by atoms with Gasteiger partial charge in [-0.05, 0) is 51.9 Å². The fourth-order valence-corrected chi connectivity index (χ4v) is 2.89. The summed E-state index contributed by atoms with van der Waals surface area (Å²) >= 11 is 0. The lowest BCUT2D eigenvalue weighted by molar-refractivity contribution is 0.157. The van der Waals surface area contributed by atoms with Crippen LogP contribution in [0.5, 0.6) is 0 Å². The first kappa shape index (κ1) is 15.5. The van der Waals surface area contributed by atoms with E-state index in [0.717, 1.165) is 12.8 Å². The van der Waals surface area contributed by atoms with Gasteiger partial charge < -0.3 is 5.32 Å². The van der Waals surface area contributed by atoms with E-state index in [1.165, 1.54) is 24.8 Å². The smallest absolute Gasteiger partial charge is 0.0305 e. The molecule has 0 N–H and O–H groups in total.